The van der Waals surface area contributed by atoms with Crippen molar-refractivity contribution in [2.24, 2.45) is 0 Å². The average molecular weight is 283 g/mol. The lowest BCUT2D eigenvalue weighted by atomic mass is 10.00. The van der Waals surface area contributed by atoms with Crippen molar-refractivity contribution in [3.05, 3.63) is 0 Å². The summed E-state index contributed by atoms with van der Waals surface area (Å²) < 4.78 is 5.20. The fourth-order valence-electron chi connectivity index (χ4n) is 2.43. The van der Waals surface area contributed by atoms with Crippen molar-refractivity contribution < 1.29 is 19.7 Å². The number of aliphatic carboxylic acids is 1. The first-order valence-electron chi connectivity index (χ1n) is 7.48. The molecule has 0 aromatic heterocycles. The minimum Gasteiger partial charge on any atom is -0.481 e. The second kappa shape index (κ2) is 8.23. The summed E-state index contributed by atoms with van der Waals surface area (Å²) in [5.41, 5.74) is -0.774. The Morgan fingerprint density at radius 3 is 2.30 bits per heavy atom. The van der Waals surface area contributed by atoms with Gasteiger partial charge in [-0.3, -0.25) is 4.79 Å². The van der Waals surface area contributed by atoms with Gasteiger partial charge in [-0.2, -0.15) is 5.26 Å². The topological polar surface area (TPSA) is 93.9 Å². The Labute approximate surface area is 120 Å². The van der Waals surface area contributed by atoms with Crippen molar-refractivity contribution in [1.82, 2.24) is 0 Å². The van der Waals surface area contributed by atoms with Gasteiger partial charge in [0.2, 0.25) is 0 Å². The van der Waals surface area contributed by atoms with E-state index in [9.17, 15) is 9.90 Å². The molecule has 0 amide bonds. The van der Waals surface area contributed by atoms with E-state index in [0.717, 1.165) is 44.9 Å². The van der Waals surface area contributed by atoms with Crippen molar-refractivity contribution in [2.45, 2.75) is 82.5 Å². The van der Waals surface area contributed by atoms with Crippen LogP contribution >= 0.6 is 0 Å². The first-order chi connectivity index (χ1) is 9.49. The molecule has 1 aliphatic heterocycles. The number of carbonyl (C=O) groups is 1. The van der Waals surface area contributed by atoms with E-state index in [0.29, 0.717) is 6.42 Å². The SMILES string of the molecule is CC1(C#N)OC1C(O)CCCCCCCCCC(=O)O. The van der Waals surface area contributed by atoms with Crippen molar-refractivity contribution in [2.75, 3.05) is 0 Å². The number of hydrogen-bond acceptors (Lipinski definition) is 4. The molecule has 0 aromatic carbocycles. The molecule has 1 rings (SSSR count). The van der Waals surface area contributed by atoms with E-state index >= 15 is 0 Å². The fraction of sp³-hybridized carbons (Fsp3) is 0.867. The van der Waals surface area contributed by atoms with Crippen LogP contribution in [0.15, 0.2) is 0 Å². The van der Waals surface area contributed by atoms with Gasteiger partial charge in [0.05, 0.1) is 6.10 Å². The normalized spacial score (nSPS) is 25.9. The molecular weight excluding hydrogens is 258 g/mol. The van der Waals surface area contributed by atoms with Gasteiger partial charge in [0.15, 0.2) is 5.60 Å². The van der Waals surface area contributed by atoms with Crippen LogP contribution in [0.25, 0.3) is 0 Å². The maximum atomic E-state index is 10.3. The summed E-state index contributed by atoms with van der Waals surface area (Å²) in [6.07, 6.45) is 7.15. The summed E-state index contributed by atoms with van der Waals surface area (Å²) in [6, 6.07) is 2.06. The quantitative estimate of drug-likeness (QED) is 0.449. The van der Waals surface area contributed by atoms with Gasteiger partial charge in [-0.1, -0.05) is 38.5 Å². The van der Waals surface area contributed by atoms with E-state index < -0.39 is 17.7 Å². The second-order valence-corrected chi connectivity index (χ2v) is 5.73. The van der Waals surface area contributed by atoms with Gasteiger partial charge in [0.1, 0.15) is 12.2 Å². The summed E-state index contributed by atoms with van der Waals surface area (Å²) in [5.74, 6) is -0.717. The molecule has 0 saturated carbocycles. The smallest absolute Gasteiger partial charge is 0.303 e. The van der Waals surface area contributed by atoms with E-state index in [2.05, 4.69) is 6.07 Å². The molecule has 114 valence electrons. The number of carboxylic acid groups (broad SMARTS) is 1. The van der Waals surface area contributed by atoms with Gasteiger partial charge >= 0.3 is 5.97 Å². The molecule has 0 radical (unpaired) electrons. The number of hydrogen-bond donors (Lipinski definition) is 2. The maximum Gasteiger partial charge on any atom is 0.303 e. The zero-order chi connectivity index (χ0) is 15.0. The van der Waals surface area contributed by atoms with Crippen LogP contribution in [-0.2, 0) is 9.53 Å². The Hall–Kier alpha value is -1.12. The number of aliphatic hydroxyl groups is 1. The van der Waals surface area contributed by atoms with Crippen LogP contribution in [-0.4, -0.2) is 34.0 Å². The predicted molar refractivity (Wildman–Crippen MR) is 74.1 cm³/mol. The number of nitriles is 1. The molecule has 5 heteroatoms. The van der Waals surface area contributed by atoms with Gasteiger partial charge in [-0.05, 0) is 19.8 Å². The summed E-state index contributed by atoms with van der Waals surface area (Å²) in [5, 5.41) is 27.1. The second-order valence-electron chi connectivity index (χ2n) is 5.73. The molecule has 1 saturated heterocycles. The van der Waals surface area contributed by atoms with Crippen LogP contribution in [0.2, 0.25) is 0 Å². The lowest BCUT2D eigenvalue weighted by Gasteiger charge is -2.07. The highest BCUT2D eigenvalue weighted by Gasteiger charge is 2.56. The van der Waals surface area contributed by atoms with Crippen molar-refractivity contribution in [3.63, 3.8) is 0 Å². The van der Waals surface area contributed by atoms with E-state index in [1.165, 1.54) is 0 Å². The lowest BCUT2D eigenvalue weighted by Crippen LogP contribution is -2.21. The number of nitrogens with zero attached hydrogens (tertiary/aromatic N) is 1. The maximum absolute atomic E-state index is 10.3. The molecule has 0 bridgehead atoms. The Kier molecular flexibility index (Phi) is 6.97. The van der Waals surface area contributed by atoms with Crippen LogP contribution in [0.5, 0.6) is 0 Å². The minimum absolute atomic E-state index is 0.269. The van der Waals surface area contributed by atoms with Crippen molar-refractivity contribution in [1.29, 1.82) is 5.26 Å². The number of ether oxygens (including phenoxy) is 1. The van der Waals surface area contributed by atoms with Gasteiger partial charge in [0.25, 0.3) is 0 Å². The molecule has 20 heavy (non-hydrogen) atoms. The Balaban J connectivity index is 1.88. The van der Waals surface area contributed by atoms with Gasteiger partial charge in [0, 0.05) is 6.42 Å². The summed E-state index contributed by atoms with van der Waals surface area (Å²) in [6.45, 7) is 1.71. The molecule has 1 aliphatic rings. The van der Waals surface area contributed by atoms with Crippen molar-refractivity contribution in [3.8, 4) is 6.07 Å². The van der Waals surface area contributed by atoms with Gasteiger partial charge in [-0.25, -0.2) is 0 Å². The highest BCUT2D eigenvalue weighted by atomic mass is 16.6. The highest BCUT2D eigenvalue weighted by molar-refractivity contribution is 5.66. The Bertz CT molecular complexity index is 352. The monoisotopic (exact) mass is 283 g/mol. The van der Waals surface area contributed by atoms with Crippen LogP contribution in [0, 0.1) is 11.3 Å². The predicted octanol–water partition coefficient (Wildman–Crippen LogP) is 2.62. The summed E-state index contributed by atoms with van der Waals surface area (Å²) in [4.78, 5) is 10.3. The molecule has 0 spiro atoms. The molecular formula is C15H25NO4. The van der Waals surface area contributed by atoms with E-state index in [1.807, 2.05) is 0 Å². The van der Waals surface area contributed by atoms with E-state index in [-0.39, 0.29) is 12.5 Å². The third-order valence-corrected chi connectivity index (χ3v) is 3.82. The minimum atomic E-state index is -0.774. The number of epoxide rings is 1. The molecule has 1 fully saturated rings. The molecule has 1 heterocycles. The van der Waals surface area contributed by atoms with Crippen LogP contribution in [0.4, 0.5) is 0 Å². The molecule has 3 atom stereocenters. The Morgan fingerprint density at radius 1 is 1.25 bits per heavy atom. The molecule has 5 nitrogen and oxygen atoms in total. The number of aliphatic hydroxyl groups excluding tert-OH is 1. The lowest BCUT2D eigenvalue weighted by molar-refractivity contribution is -0.137. The number of rotatable bonds is 11. The highest BCUT2D eigenvalue weighted by Crippen LogP contribution is 2.38. The third-order valence-electron chi connectivity index (χ3n) is 3.82. The number of unbranched alkanes of at least 4 members (excludes halogenated alkanes) is 6. The average Bonchev–Trinajstić information content (AvgIpc) is 3.09. The standard InChI is InChI=1S/C15H25NO4/c1-15(11-16)14(20-15)12(17)9-7-5-3-2-4-6-8-10-13(18)19/h12,14,17H,2-10H2,1H3,(H,18,19). The van der Waals surface area contributed by atoms with E-state index in [4.69, 9.17) is 15.1 Å². The molecule has 2 N–H and O–H groups in total. The van der Waals surface area contributed by atoms with Gasteiger partial charge < -0.3 is 14.9 Å². The zero-order valence-corrected chi connectivity index (χ0v) is 12.2. The van der Waals surface area contributed by atoms with Crippen molar-refractivity contribution >= 4 is 5.97 Å². The number of carboxylic acids is 1. The first kappa shape index (κ1) is 16.9. The van der Waals surface area contributed by atoms with Crippen LogP contribution in [0.3, 0.4) is 0 Å². The van der Waals surface area contributed by atoms with E-state index in [1.54, 1.807) is 6.92 Å². The zero-order valence-electron chi connectivity index (χ0n) is 12.2. The van der Waals surface area contributed by atoms with Gasteiger partial charge in [-0.15, -0.1) is 0 Å². The molecule has 0 aliphatic carbocycles. The molecule has 3 unspecified atom stereocenters. The largest absolute Gasteiger partial charge is 0.481 e. The summed E-state index contributed by atoms with van der Waals surface area (Å²) in [7, 11) is 0. The van der Waals surface area contributed by atoms with Crippen LogP contribution in [0.1, 0.15) is 64.7 Å². The van der Waals surface area contributed by atoms with Crippen LogP contribution < -0.4 is 0 Å². The summed E-state index contributed by atoms with van der Waals surface area (Å²) >= 11 is 0. The molecule has 0 aromatic rings. The fourth-order valence-corrected chi connectivity index (χ4v) is 2.43. The Morgan fingerprint density at radius 2 is 1.80 bits per heavy atom. The third kappa shape index (κ3) is 5.89. The first-order valence-corrected chi connectivity index (χ1v) is 7.48.